The number of rotatable bonds is 6. The van der Waals surface area contributed by atoms with Crippen LogP contribution in [0.2, 0.25) is 10.0 Å². The van der Waals surface area contributed by atoms with E-state index in [2.05, 4.69) is 5.32 Å². The van der Waals surface area contributed by atoms with E-state index >= 15 is 0 Å². The van der Waals surface area contributed by atoms with Gasteiger partial charge in [-0.1, -0.05) is 29.3 Å². The number of halogens is 2. The third-order valence-electron chi connectivity index (χ3n) is 3.41. The molecule has 0 saturated heterocycles. The maximum Gasteiger partial charge on any atom is 0.266 e. The van der Waals surface area contributed by atoms with E-state index in [-0.39, 0.29) is 16.7 Å². The molecule has 0 bridgehead atoms. The Labute approximate surface area is 168 Å². The molecule has 0 atom stereocenters. The Morgan fingerprint density at radius 2 is 1.93 bits per heavy atom. The van der Waals surface area contributed by atoms with Crippen molar-refractivity contribution in [1.82, 2.24) is 0 Å². The van der Waals surface area contributed by atoms with Crippen LogP contribution in [0.4, 0.5) is 5.69 Å². The number of ether oxygens (including phenoxy) is 2. The minimum atomic E-state index is -0.580. The van der Waals surface area contributed by atoms with Crippen LogP contribution in [0.15, 0.2) is 42.0 Å². The first kappa shape index (κ1) is 20.6. The lowest BCUT2D eigenvalue weighted by Crippen LogP contribution is -2.13. The Morgan fingerprint density at radius 3 is 2.52 bits per heavy atom. The van der Waals surface area contributed by atoms with Crippen LogP contribution in [0.5, 0.6) is 11.5 Å². The molecule has 0 spiro atoms. The molecule has 0 aliphatic rings. The van der Waals surface area contributed by atoms with E-state index in [1.807, 2.05) is 19.9 Å². The number of carbonyl (C=O) groups excluding carboxylic acids is 1. The molecular weight excluding hydrogens is 387 g/mol. The summed E-state index contributed by atoms with van der Waals surface area (Å²) in [5.74, 6) is 0.514. The largest absolute Gasteiger partial charge is 0.493 e. The van der Waals surface area contributed by atoms with Gasteiger partial charge in [-0.2, -0.15) is 5.26 Å². The van der Waals surface area contributed by atoms with Gasteiger partial charge in [-0.25, -0.2) is 0 Å². The predicted molar refractivity (Wildman–Crippen MR) is 107 cm³/mol. The van der Waals surface area contributed by atoms with Gasteiger partial charge in [0.05, 0.1) is 23.9 Å². The van der Waals surface area contributed by atoms with Crippen LogP contribution >= 0.6 is 23.2 Å². The highest BCUT2D eigenvalue weighted by Gasteiger charge is 2.13. The van der Waals surface area contributed by atoms with E-state index in [4.69, 9.17) is 32.7 Å². The summed E-state index contributed by atoms with van der Waals surface area (Å²) in [5.41, 5.74) is 0.905. The molecule has 140 valence electrons. The van der Waals surface area contributed by atoms with Crippen molar-refractivity contribution in [3.8, 4) is 17.6 Å². The zero-order chi connectivity index (χ0) is 20.0. The number of nitrogens with one attached hydrogen (secondary N) is 1. The summed E-state index contributed by atoms with van der Waals surface area (Å²) in [6.07, 6.45) is 1.45. The molecule has 5 nitrogen and oxygen atoms in total. The van der Waals surface area contributed by atoms with Crippen LogP contribution in [0.1, 0.15) is 19.4 Å². The number of benzene rings is 2. The number of hydrogen-bond acceptors (Lipinski definition) is 4. The van der Waals surface area contributed by atoms with E-state index in [9.17, 15) is 10.1 Å². The molecule has 0 unspecified atom stereocenters. The topological polar surface area (TPSA) is 71.3 Å². The summed E-state index contributed by atoms with van der Waals surface area (Å²) in [7, 11) is 1.52. The van der Waals surface area contributed by atoms with Gasteiger partial charge in [-0.05, 0) is 55.8 Å². The molecule has 0 saturated carbocycles. The van der Waals surface area contributed by atoms with Gasteiger partial charge in [-0.3, -0.25) is 4.79 Å². The Bertz CT molecular complexity index is 918. The van der Waals surface area contributed by atoms with Crippen LogP contribution in [0.3, 0.4) is 0 Å². The van der Waals surface area contributed by atoms with E-state index < -0.39 is 5.91 Å². The molecule has 1 amide bonds. The number of anilines is 1. The first-order chi connectivity index (χ1) is 12.8. The van der Waals surface area contributed by atoms with Crippen LogP contribution in [0, 0.1) is 11.3 Å². The summed E-state index contributed by atoms with van der Waals surface area (Å²) in [5, 5.41) is 12.7. The van der Waals surface area contributed by atoms with Crippen molar-refractivity contribution in [1.29, 1.82) is 5.26 Å². The summed E-state index contributed by atoms with van der Waals surface area (Å²) >= 11 is 11.9. The molecule has 0 fully saturated rings. The SMILES string of the molecule is COc1cc(/C=C(/C#N)C(=O)Nc2ccc(Cl)cc2Cl)ccc1OC(C)C. The molecule has 0 aliphatic carbocycles. The fourth-order valence-electron chi connectivity index (χ4n) is 2.22. The molecule has 0 aliphatic heterocycles. The predicted octanol–water partition coefficient (Wildman–Crippen LogP) is 5.33. The fraction of sp³-hybridized carbons (Fsp3) is 0.200. The van der Waals surface area contributed by atoms with Gasteiger partial charge in [0, 0.05) is 5.02 Å². The van der Waals surface area contributed by atoms with Gasteiger partial charge in [-0.15, -0.1) is 0 Å². The average Bonchev–Trinajstić information content (AvgIpc) is 2.62. The summed E-state index contributed by atoms with van der Waals surface area (Å²) in [4.78, 5) is 12.4. The highest BCUT2D eigenvalue weighted by atomic mass is 35.5. The zero-order valence-electron chi connectivity index (χ0n) is 15.0. The molecule has 2 aromatic rings. The van der Waals surface area contributed by atoms with Crippen molar-refractivity contribution < 1.29 is 14.3 Å². The second-order valence-electron chi connectivity index (χ2n) is 5.83. The molecule has 7 heteroatoms. The smallest absolute Gasteiger partial charge is 0.266 e. The summed E-state index contributed by atoms with van der Waals surface area (Å²) in [6, 6.07) is 11.7. The van der Waals surface area contributed by atoms with E-state index in [0.717, 1.165) is 0 Å². The molecule has 27 heavy (non-hydrogen) atoms. The standard InChI is InChI=1S/C20H18Cl2N2O3/c1-12(2)27-18-7-4-13(9-19(18)26-3)8-14(11-23)20(25)24-17-6-5-15(21)10-16(17)22/h4-10,12H,1-3H3,(H,24,25)/b14-8-. The Balaban J connectivity index is 2.26. The van der Waals surface area contributed by atoms with Crippen molar-refractivity contribution >= 4 is 40.9 Å². The number of hydrogen-bond donors (Lipinski definition) is 1. The van der Waals surface area contributed by atoms with Crippen molar-refractivity contribution in [2.45, 2.75) is 20.0 Å². The van der Waals surface area contributed by atoms with Crippen molar-refractivity contribution in [3.63, 3.8) is 0 Å². The van der Waals surface area contributed by atoms with E-state index in [1.54, 1.807) is 30.3 Å². The second-order valence-corrected chi connectivity index (χ2v) is 6.67. The molecule has 2 aromatic carbocycles. The normalized spacial score (nSPS) is 11.1. The van der Waals surface area contributed by atoms with Crippen molar-refractivity contribution in [3.05, 3.63) is 57.6 Å². The first-order valence-electron chi connectivity index (χ1n) is 8.07. The number of nitrogens with zero attached hydrogens (tertiary/aromatic N) is 1. The molecule has 0 aromatic heterocycles. The first-order valence-corrected chi connectivity index (χ1v) is 8.82. The van der Waals surface area contributed by atoms with Crippen LogP contribution < -0.4 is 14.8 Å². The third-order valence-corrected chi connectivity index (χ3v) is 3.95. The highest BCUT2D eigenvalue weighted by molar-refractivity contribution is 6.36. The summed E-state index contributed by atoms with van der Waals surface area (Å²) in [6.45, 7) is 3.82. The third kappa shape index (κ3) is 5.65. The van der Waals surface area contributed by atoms with Gasteiger partial charge in [0.2, 0.25) is 0 Å². The molecule has 2 rings (SSSR count). The van der Waals surface area contributed by atoms with Crippen LogP contribution in [-0.4, -0.2) is 19.1 Å². The van der Waals surface area contributed by atoms with Gasteiger partial charge in [0.1, 0.15) is 11.6 Å². The number of amides is 1. The maximum atomic E-state index is 12.4. The Kier molecular flexibility index (Phi) is 7.12. The van der Waals surface area contributed by atoms with Crippen molar-refractivity contribution in [2.24, 2.45) is 0 Å². The minimum absolute atomic E-state index is 0.00939. The van der Waals surface area contributed by atoms with Crippen LogP contribution in [-0.2, 0) is 4.79 Å². The number of nitriles is 1. The molecule has 1 N–H and O–H groups in total. The quantitative estimate of drug-likeness (QED) is 0.521. The molecular formula is C20H18Cl2N2O3. The highest BCUT2D eigenvalue weighted by Crippen LogP contribution is 2.30. The molecule has 0 radical (unpaired) electrons. The second kappa shape index (κ2) is 9.31. The Hall–Kier alpha value is -2.68. The van der Waals surface area contributed by atoms with E-state index in [1.165, 1.54) is 19.3 Å². The number of carbonyl (C=O) groups is 1. The number of methoxy groups -OCH3 is 1. The monoisotopic (exact) mass is 404 g/mol. The van der Waals surface area contributed by atoms with Gasteiger partial charge < -0.3 is 14.8 Å². The van der Waals surface area contributed by atoms with Crippen molar-refractivity contribution in [2.75, 3.05) is 12.4 Å². The average molecular weight is 405 g/mol. The maximum absolute atomic E-state index is 12.4. The Morgan fingerprint density at radius 1 is 1.19 bits per heavy atom. The summed E-state index contributed by atoms with van der Waals surface area (Å²) < 4.78 is 11.0. The van der Waals surface area contributed by atoms with Gasteiger partial charge in [0.25, 0.3) is 5.91 Å². The lowest BCUT2D eigenvalue weighted by Gasteiger charge is -2.14. The zero-order valence-corrected chi connectivity index (χ0v) is 16.6. The van der Waals surface area contributed by atoms with Gasteiger partial charge in [0.15, 0.2) is 11.5 Å². The lowest BCUT2D eigenvalue weighted by molar-refractivity contribution is -0.112. The fourth-order valence-corrected chi connectivity index (χ4v) is 2.68. The van der Waals surface area contributed by atoms with E-state index in [0.29, 0.717) is 27.8 Å². The van der Waals surface area contributed by atoms with Gasteiger partial charge >= 0.3 is 0 Å². The van der Waals surface area contributed by atoms with Crippen LogP contribution in [0.25, 0.3) is 6.08 Å². The molecule has 0 heterocycles. The minimum Gasteiger partial charge on any atom is -0.493 e. The lowest BCUT2D eigenvalue weighted by atomic mass is 10.1.